The molecule has 1 aliphatic heterocycles. The van der Waals surface area contributed by atoms with Gasteiger partial charge in [0.2, 0.25) is 0 Å². The molecule has 1 heterocycles. The zero-order chi connectivity index (χ0) is 12.5. The van der Waals surface area contributed by atoms with Crippen LogP contribution in [-0.2, 0) is 4.74 Å². The highest BCUT2D eigenvalue weighted by Gasteiger charge is 2.20. The van der Waals surface area contributed by atoms with Gasteiger partial charge in [-0.25, -0.2) is 0 Å². The zero-order valence-electron chi connectivity index (χ0n) is 10.7. The maximum absolute atomic E-state index is 5.78. The molecule has 0 unspecified atom stereocenters. The molecule has 0 N–H and O–H groups in total. The van der Waals surface area contributed by atoms with Gasteiger partial charge in [0.05, 0.1) is 19.3 Å². The summed E-state index contributed by atoms with van der Waals surface area (Å²) in [5.41, 5.74) is 0. The molecule has 0 aromatic heterocycles. The van der Waals surface area contributed by atoms with Crippen molar-refractivity contribution in [2.45, 2.75) is 13.0 Å². The van der Waals surface area contributed by atoms with E-state index in [1.165, 1.54) is 0 Å². The minimum absolute atomic E-state index is 0.317. The van der Waals surface area contributed by atoms with Gasteiger partial charge in [0.1, 0.15) is 0 Å². The van der Waals surface area contributed by atoms with Crippen LogP contribution in [0, 0.1) is 11.8 Å². The summed E-state index contributed by atoms with van der Waals surface area (Å²) in [6, 6.07) is 0. The Kier molecular flexibility index (Phi) is 8.15. The molecule has 1 aliphatic rings. The van der Waals surface area contributed by atoms with Crippen molar-refractivity contribution >= 4 is 22.5 Å². The Bertz CT molecular complexity index is 265. The van der Waals surface area contributed by atoms with Crippen LogP contribution in [0.1, 0.15) is 6.92 Å². The van der Waals surface area contributed by atoms with E-state index in [2.05, 4.69) is 40.3 Å². The zero-order valence-corrected chi connectivity index (χ0v) is 12.4. The van der Waals surface area contributed by atoms with Crippen LogP contribution in [-0.4, -0.2) is 68.0 Å². The van der Waals surface area contributed by atoms with Crippen LogP contribution in [0.15, 0.2) is 0 Å². The first-order valence-electron chi connectivity index (χ1n) is 5.94. The molecule has 17 heavy (non-hydrogen) atoms. The first kappa shape index (κ1) is 15.2. The standard InChI is InChI=1S/C12H22N2OS2/c1-3-4-5-14-6-8-15-12(11-14)10-13(2)7-9-17-16/h12,16H,5-11H2,1-2H3/t12-/m1/s1. The molecule has 0 spiro atoms. The number of hydrogen-bond acceptors (Lipinski definition) is 5. The fraction of sp³-hybridized carbons (Fsp3) is 0.833. The lowest BCUT2D eigenvalue weighted by Gasteiger charge is -2.33. The lowest BCUT2D eigenvalue weighted by atomic mass is 10.2. The van der Waals surface area contributed by atoms with Crippen molar-refractivity contribution in [3.8, 4) is 11.8 Å². The van der Waals surface area contributed by atoms with E-state index >= 15 is 0 Å². The van der Waals surface area contributed by atoms with Crippen molar-refractivity contribution in [3.05, 3.63) is 0 Å². The Morgan fingerprint density at radius 3 is 3.12 bits per heavy atom. The molecular weight excluding hydrogens is 252 g/mol. The number of morpholine rings is 1. The van der Waals surface area contributed by atoms with Crippen LogP contribution in [0.4, 0.5) is 0 Å². The number of ether oxygens (including phenoxy) is 1. The van der Waals surface area contributed by atoms with Gasteiger partial charge in [-0.2, -0.15) is 0 Å². The third kappa shape index (κ3) is 6.58. The Hall–Kier alpha value is 0.140. The van der Waals surface area contributed by atoms with E-state index in [1.54, 1.807) is 10.8 Å². The Morgan fingerprint density at radius 2 is 2.41 bits per heavy atom. The van der Waals surface area contributed by atoms with Crippen molar-refractivity contribution in [1.29, 1.82) is 0 Å². The summed E-state index contributed by atoms with van der Waals surface area (Å²) in [5, 5.41) is 0. The molecular formula is C12H22N2OS2. The largest absolute Gasteiger partial charge is 0.374 e. The van der Waals surface area contributed by atoms with E-state index in [1.807, 2.05) is 6.92 Å². The molecule has 1 rings (SSSR count). The fourth-order valence-corrected chi connectivity index (χ4v) is 2.50. The molecule has 0 aliphatic carbocycles. The average molecular weight is 274 g/mol. The van der Waals surface area contributed by atoms with Crippen LogP contribution in [0.5, 0.6) is 0 Å². The lowest BCUT2D eigenvalue weighted by molar-refractivity contribution is -0.0357. The van der Waals surface area contributed by atoms with Crippen molar-refractivity contribution in [1.82, 2.24) is 9.80 Å². The Balaban J connectivity index is 2.25. The molecule has 5 heteroatoms. The monoisotopic (exact) mass is 274 g/mol. The minimum Gasteiger partial charge on any atom is -0.374 e. The van der Waals surface area contributed by atoms with Gasteiger partial charge in [0, 0.05) is 31.9 Å². The number of hydrogen-bond donors (Lipinski definition) is 1. The van der Waals surface area contributed by atoms with E-state index in [4.69, 9.17) is 4.74 Å². The molecule has 0 bridgehead atoms. The summed E-state index contributed by atoms with van der Waals surface area (Å²) < 4.78 is 5.78. The number of likely N-dealkylation sites (N-methyl/N-ethyl adjacent to an activating group) is 1. The predicted molar refractivity (Wildman–Crippen MR) is 78.6 cm³/mol. The summed E-state index contributed by atoms with van der Waals surface area (Å²) in [5.74, 6) is 7.12. The highest BCUT2D eigenvalue weighted by molar-refractivity contribution is 8.68. The smallest absolute Gasteiger partial charge is 0.0829 e. The van der Waals surface area contributed by atoms with Gasteiger partial charge in [-0.1, -0.05) is 16.7 Å². The highest BCUT2D eigenvalue weighted by Crippen LogP contribution is 2.08. The summed E-state index contributed by atoms with van der Waals surface area (Å²) in [7, 11) is 3.72. The normalized spacial score (nSPS) is 21.3. The van der Waals surface area contributed by atoms with Gasteiger partial charge in [0.15, 0.2) is 0 Å². The summed E-state index contributed by atoms with van der Waals surface area (Å²) in [6.07, 6.45) is 0.317. The van der Waals surface area contributed by atoms with Crippen LogP contribution in [0.25, 0.3) is 0 Å². The third-order valence-electron chi connectivity index (χ3n) is 2.78. The van der Waals surface area contributed by atoms with Gasteiger partial charge in [-0.15, -0.1) is 17.6 Å². The SMILES string of the molecule is CC#CCN1CCO[C@H](CN(C)CCSS)C1. The number of rotatable bonds is 6. The van der Waals surface area contributed by atoms with Crippen molar-refractivity contribution in [3.63, 3.8) is 0 Å². The van der Waals surface area contributed by atoms with Gasteiger partial charge < -0.3 is 9.64 Å². The molecule has 1 saturated heterocycles. The highest BCUT2D eigenvalue weighted by atomic mass is 33.1. The third-order valence-corrected chi connectivity index (χ3v) is 3.69. The Labute approximate surface area is 114 Å². The van der Waals surface area contributed by atoms with E-state index in [9.17, 15) is 0 Å². The molecule has 1 fully saturated rings. The minimum atomic E-state index is 0.317. The predicted octanol–water partition coefficient (Wildman–Crippen LogP) is 1.22. The molecule has 0 amide bonds. The van der Waals surface area contributed by atoms with Crippen molar-refractivity contribution in [2.75, 3.05) is 52.1 Å². The first-order valence-corrected chi connectivity index (χ1v) is 7.98. The summed E-state index contributed by atoms with van der Waals surface area (Å²) >= 11 is 4.15. The first-order chi connectivity index (χ1) is 8.26. The van der Waals surface area contributed by atoms with Gasteiger partial charge in [0.25, 0.3) is 0 Å². The molecule has 0 aromatic carbocycles. The van der Waals surface area contributed by atoms with Crippen LogP contribution in [0.2, 0.25) is 0 Å². The van der Waals surface area contributed by atoms with Crippen LogP contribution in [0.3, 0.4) is 0 Å². The maximum Gasteiger partial charge on any atom is 0.0829 e. The fourth-order valence-electron chi connectivity index (χ4n) is 1.86. The second kappa shape index (κ2) is 9.12. The molecule has 0 radical (unpaired) electrons. The van der Waals surface area contributed by atoms with Crippen molar-refractivity contribution in [2.24, 2.45) is 0 Å². The van der Waals surface area contributed by atoms with Crippen LogP contribution < -0.4 is 0 Å². The molecule has 98 valence electrons. The van der Waals surface area contributed by atoms with Gasteiger partial charge in [-0.05, 0) is 14.0 Å². The molecule has 0 saturated carbocycles. The summed E-state index contributed by atoms with van der Waals surface area (Å²) in [4.78, 5) is 4.68. The second-order valence-corrected chi connectivity index (χ2v) is 5.69. The van der Waals surface area contributed by atoms with E-state index < -0.39 is 0 Å². The van der Waals surface area contributed by atoms with E-state index in [0.29, 0.717) is 6.10 Å². The van der Waals surface area contributed by atoms with Gasteiger partial charge in [-0.3, -0.25) is 4.90 Å². The van der Waals surface area contributed by atoms with E-state index in [-0.39, 0.29) is 0 Å². The van der Waals surface area contributed by atoms with E-state index in [0.717, 1.165) is 45.1 Å². The summed E-state index contributed by atoms with van der Waals surface area (Å²) in [6.45, 7) is 7.63. The molecule has 1 atom stereocenters. The maximum atomic E-state index is 5.78. The molecule has 3 nitrogen and oxygen atoms in total. The number of thiol groups is 1. The number of nitrogens with zero attached hydrogens (tertiary/aromatic N) is 2. The quantitative estimate of drug-likeness (QED) is 0.445. The topological polar surface area (TPSA) is 15.7 Å². The van der Waals surface area contributed by atoms with Crippen LogP contribution >= 0.6 is 22.5 Å². The van der Waals surface area contributed by atoms with Gasteiger partial charge >= 0.3 is 0 Å². The lowest BCUT2D eigenvalue weighted by Crippen LogP contribution is -2.47. The second-order valence-electron chi connectivity index (χ2n) is 4.25. The van der Waals surface area contributed by atoms with Crippen molar-refractivity contribution < 1.29 is 4.74 Å². The molecule has 0 aromatic rings. The Morgan fingerprint density at radius 1 is 1.59 bits per heavy atom. The average Bonchev–Trinajstić information content (AvgIpc) is 2.34.